The van der Waals surface area contributed by atoms with Gasteiger partial charge in [-0.1, -0.05) is 12.1 Å². The Hall–Kier alpha value is -2.01. The number of halogens is 1. The lowest BCUT2D eigenvalue weighted by atomic mass is 10.1. The van der Waals surface area contributed by atoms with Gasteiger partial charge in [0, 0.05) is 29.7 Å². The van der Waals surface area contributed by atoms with Gasteiger partial charge in [-0.25, -0.2) is 26.2 Å². The molecule has 148 valence electrons. The summed E-state index contributed by atoms with van der Waals surface area (Å²) in [5, 5.41) is 4.15. The first-order valence-electron chi connectivity index (χ1n) is 8.25. The van der Waals surface area contributed by atoms with Crippen LogP contribution in [-0.2, 0) is 26.3 Å². The summed E-state index contributed by atoms with van der Waals surface area (Å²) in [5.74, 6) is 0. The van der Waals surface area contributed by atoms with Gasteiger partial charge in [0.25, 0.3) is 0 Å². The van der Waals surface area contributed by atoms with Crippen molar-refractivity contribution in [2.45, 2.75) is 16.2 Å². The van der Waals surface area contributed by atoms with Crippen LogP contribution in [0.25, 0.3) is 5.69 Å². The Bertz CT molecular complexity index is 1170. The number of sulfone groups is 1. The lowest BCUT2D eigenvalue weighted by Crippen LogP contribution is -2.26. The highest BCUT2D eigenvalue weighted by atomic mass is 79.9. The number of benzene rings is 2. The van der Waals surface area contributed by atoms with Crippen LogP contribution in [-0.4, -0.2) is 39.4 Å². The summed E-state index contributed by atoms with van der Waals surface area (Å²) in [7, 11) is -7.37. The molecule has 0 unspecified atom stereocenters. The first kappa shape index (κ1) is 20.7. The molecule has 0 aliphatic carbocycles. The summed E-state index contributed by atoms with van der Waals surface area (Å²) in [6.07, 6.45) is 5.06. The van der Waals surface area contributed by atoms with E-state index in [1.165, 1.54) is 12.1 Å². The molecule has 1 aromatic heterocycles. The standard InChI is InChI=1S/C18H18BrN3O4S2/c1-27(23,24)16-7-8-17(19)18(13-16)28(25,26)21-11-9-14-3-5-15(6-4-14)22-12-2-10-20-22/h2-8,10,12-13,21H,9,11H2,1H3. The molecular formula is C18H18BrN3O4S2. The highest BCUT2D eigenvalue weighted by molar-refractivity contribution is 9.10. The monoisotopic (exact) mass is 483 g/mol. The number of hydrogen-bond donors (Lipinski definition) is 1. The van der Waals surface area contributed by atoms with Crippen molar-refractivity contribution >= 4 is 35.8 Å². The molecule has 0 radical (unpaired) electrons. The lowest BCUT2D eigenvalue weighted by molar-refractivity contribution is 0.580. The zero-order valence-corrected chi connectivity index (χ0v) is 18.1. The molecule has 0 saturated heterocycles. The highest BCUT2D eigenvalue weighted by Crippen LogP contribution is 2.25. The fraction of sp³-hybridized carbons (Fsp3) is 0.167. The molecule has 1 heterocycles. The maximum absolute atomic E-state index is 12.6. The van der Waals surface area contributed by atoms with Crippen LogP contribution in [0.3, 0.4) is 0 Å². The van der Waals surface area contributed by atoms with Gasteiger partial charge in [-0.2, -0.15) is 5.10 Å². The van der Waals surface area contributed by atoms with Gasteiger partial charge in [-0.15, -0.1) is 0 Å². The maximum atomic E-state index is 12.6. The zero-order chi connectivity index (χ0) is 20.4. The summed E-state index contributed by atoms with van der Waals surface area (Å²) in [4.78, 5) is -0.158. The van der Waals surface area contributed by atoms with Crippen LogP contribution in [0.15, 0.2) is 75.2 Å². The minimum absolute atomic E-state index is 0.0507. The third kappa shape index (κ3) is 4.88. The highest BCUT2D eigenvalue weighted by Gasteiger charge is 2.20. The van der Waals surface area contributed by atoms with Crippen molar-refractivity contribution in [1.29, 1.82) is 0 Å². The van der Waals surface area contributed by atoms with E-state index < -0.39 is 19.9 Å². The molecule has 0 atom stereocenters. The average Bonchev–Trinajstić information content (AvgIpc) is 3.16. The summed E-state index contributed by atoms with van der Waals surface area (Å²) >= 11 is 3.17. The van der Waals surface area contributed by atoms with Crippen LogP contribution >= 0.6 is 15.9 Å². The smallest absolute Gasteiger partial charge is 0.241 e. The van der Waals surface area contributed by atoms with Gasteiger partial charge in [0.05, 0.1) is 15.5 Å². The van der Waals surface area contributed by atoms with E-state index in [9.17, 15) is 16.8 Å². The molecular weight excluding hydrogens is 466 g/mol. The molecule has 0 aliphatic heterocycles. The molecule has 0 fully saturated rings. The number of aromatic nitrogens is 2. The Morgan fingerprint density at radius 1 is 1.07 bits per heavy atom. The fourth-order valence-corrected chi connectivity index (χ4v) is 5.31. The molecule has 7 nitrogen and oxygen atoms in total. The molecule has 1 N–H and O–H groups in total. The van der Waals surface area contributed by atoms with Gasteiger partial charge in [0.1, 0.15) is 0 Å². The van der Waals surface area contributed by atoms with E-state index in [0.717, 1.165) is 23.6 Å². The largest absolute Gasteiger partial charge is 0.241 e. The van der Waals surface area contributed by atoms with E-state index >= 15 is 0 Å². The number of sulfonamides is 1. The average molecular weight is 484 g/mol. The number of hydrogen-bond acceptors (Lipinski definition) is 5. The van der Waals surface area contributed by atoms with Crippen LogP contribution in [0.2, 0.25) is 0 Å². The van der Waals surface area contributed by atoms with Crippen LogP contribution < -0.4 is 4.72 Å². The predicted molar refractivity (Wildman–Crippen MR) is 110 cm³/mol. The van der Waals surface area contributed by atoms with Crippen LogP contribution in [0.4, 0.5) is 0 Å². The first-order chi connectivity index (χ1) is 13.2. The van der Waals surface area contributed by atoms with Crippen molar-refractivity contribution in [2.24, 2.45) is 0 Å². The van der Waals surface area contributed by atoms with Gasteiger partial charge < -0.3 is 0 Å². The molecule has 3 rings (SSSR count). The van der Waals surface area contributed by atoms with Crippen molar-refractivity contribution in [3.63, 3.8) is 0 Å². The molecule has 2 aromatic carbocycles. The zero-order valence-electron chi connectivity index (χ0n) is 14.9. The molecule has 28 heavy (non-hydrogen) atoms. The molecule has 3 aromatic rings. The molecule has 10 heteroatoms. The third-order valence-corrected chi connectivity index (χ3v) is 7.60. The normalized spacial score (nSPS) is 12.2. The van der Waals surface area contributed by atoms with Crippen molar-refractivity contribution in [2.75, 3.05) is 12.8 Å². The van der Waals surface area contributed by atoms with E-state index in [1.54, 1.807) is 10.9 Å². The molecule has 0 spiro atoms. The minimum Gasteiger partial charge on any atom is -0.241 e. The molecule has 0 bridgehead atoms. The SMILES string of the molecule is CS(=O)(=O)c1ccc(Br)c(S(=O)(=O)NCCc2ccc(-n3cccn3)cc2)c1. The Morgan fingerprint density at radius 2 is 1.79 bits per heavy atom. The Kier molecular flexibility index (Phi) is 6.04. The van der Waals surface area contributed by atoms with E-state index in [-0.39, 0.29) is 16.3 Å². The van der Waals surface area contributed by atoms with E-state index in [4.69, 9.17) is 0 Å². The van der Waals surface area contributed by atoms with Gasteiger partial charge in [0.15, 0.2) is 9.84 Å². The van der Waals surface area contributed by atoms with Crippen LogP contribution in [0.5, 0.6) is 0 Å². The minimum atomic E-state index is -3.86. The molecule has 0 saturated carbocycles. The summed E-state index contributed by atoms with van der Waals surface area (Å²) in [6.45, 7) is 0.180. The lowest BCUT2D eigenvalue weighted by Gasteiger charge is -2.10. The summed E-state index contributed by atoms with van der Waals surface area (Å²) in [5.41, 5.74) is 1.87. The van der Waals surface area contributed by atoms with E-state index in [0.29, 0.717) is 10.9 Å². The van der Waals surface area contributed by atoms with Gasteiger partial charge >= 0.3 is 0 Å². The van der Waals surface area contributed by atoms with Crippen molar-refractivity contribution in [3.8, 4) is 5.69 Å². The Labute approximate surface area is 172 Å². The van der Waals surface area contributed by atoms with Crippen molar-refractivity contribution < 1.29 is 16.8 Å². The molecule has 0 amide bonds. The van der Waals surface area contributed by atoms with Gasteiger partial charge in [0.2, 0.25) is 10.0 Å². The number of rotatable bonds is 7. The summed E-state index contributed by atoms with van der Waals surface area (Å²) in [6, 6.07) is 13.4. The van der Waals surface area contributed by atoms with Gasteiger partial charge in [-0.05, 0) is 64.3 Å². The van der Waals surface area contributed by atoms with E-state index in [1.807, 2.05) is 36.5 Å². The predicted octanol–water partition coefficient (Wildman–Crippen LogP) is 2.56. The van der Waals surface area contributed by atoms with Crippen molar-refractivity contribution in [1.82, 2.24) is 14.5 Å². The quantitative estimate of drug-likeness (QED) is 0.556. The maximum Gasteiger partial charge on any atom is 0.241 e. The second-order valence-corrected chi connectivity index (χ2v) is 10.7. The Morgan fingerprint density at radius 3 is 2.39 bits per heavy atom. The van der Waals surface area contributed by atoms with Crippen LogP contribution in [0, 0.1) is 0 Å². The topological polar surface area (TPSA) is 98.1 Å². The van der Waals surface area contributed by atoms with Crippen LogP contribution in [0.1, 0.15) is 5.56 Å². The second-order valence-electron chi connectivity index (χ2n) is 6.13. The van der Waals surface area contributed by atoms with Crippen molar-refractivity contribution in [3.05, 3.63) is 71.0 Å². The number of nitrogens with one attached hydrogen (secondary N) is 1. The van der Waals surface area contributed by atoms with Gasteiger partial charge in [-0.3, -0.25) is 0 Å². The Balaban J connectivity index is 1.69. The molecule has 0 aliphatic rings. The summed E-state index contributed by atoms with van der Waals surface area (Å²) < 4.78 is 53.1. The second kappa shape index (κ2) is 8.16. The number of nitrogens with zero attached hydrogens (tertiary/aromatic N) is 2. The van der Waals surface area contributed by atoms with E-state index in [2.05, 4.69) is 25.8 Å². The first-order valence-corrected chi connectivity index (χ1v) is 12.4. The third-order valence-electron chi connectivity index (χ3n) is 4.03. The fourth-order valence-electron chi connectivity index (χ4n) is 2.56.